The molecule has 0 atom stereocenters. The summed E-state index contributed by atoms with van der Waals surface area (Å²) in [6.07, 6.45) is 0. The molecule has 0 bridgehead atoms. The average Bonchev–Trinajstić information content (AvgIpc) is 0.918. The van der Waals surface area contributed by atoms with Crippen LogP contribution in [-0.4, -0.2) is 6.54 Å². The van der Waals surface area contributed by atoms with E-state index in [1.807, 2.05) is 6.92 Å². The molecular formula is C2H7NY. The number of nitrogens with two attached hydrogens (primary N) is 1. The first-order valence-electron chi connectivity index (χ1n) is 1.12. The first-order valence-corrected chi connectivity index (χ1v) is 1.12. The van der Waals surface area contributed by atoms with Crippen molar-refractivity contribution in [2.45, 2.75) is 6.92 Å². The third-order valence-corrected chi connectivity index (χ3v) is 0. The zero-order valence-electron chi connectivity index (χ0n) is 2.86. The normalized spacial score (nSPS) is 4.50. The maximum Gasteiger partial charge on any atom is 0 e. The van der Waals surface area contributed by atoms with E-state index in [9.17, 15) is 0 Å². The van der Waals surface area contributed by atoms with Gasteiger partial charge in [0, 0.05) is 32.7 Å². The van der Waals surface area contributed by atoms with Crippen molar-refractivity contribution in [3.05, 3.63) is 0 Å². The van der Waals surface area contributed by atoms with Crippen molar-refractivity contribution >= 4 is 0 Å². The van der Waals surface area contributed by atoms with E-state index in [-0.39, 0.29) is 32.7 Å². The standard InChI is InChI=1S/C2H7N.Y/c1-2-3;/h2-3H2,1H3;. The van der Waals surface area contributed by atoms with Crippen molar-refractivity contribution in [2.24, 2.45) is 5.73 Å². The fourth-order valence-corrected chi connectivity index (χ4v) is 0. The van der Waals surface area contributed by atoms with Crippen molar-refractivity contribution in [1.29, 1.82) is 0 Å². The quantitative estimate of drug-likeness (QED) is 0.494. The van der Waals surface area contributed by atoms with Gasteiger partial charge in [0.15, 0.2) is 0 Å². The molecule has 0 aromatic heterocycles. The van der Waals surface area contributed by atoms with E-state index in [0.29, 0.717) is 0 Å². The van der Waals surface area contributed by atoms with Gasteiger partial charge in [-0.15, -0.1) is 0 Å². The summed E-state index contributed by atoms with van der Waals surface area (Å²) in [7, 11) is 0. The molecule has 0 rings (SSSR count). The van der Waals surface area contributed by atoms with Gasteiger partial charge in [-0.3, -0.25) is 0 Å². The zero-order valence-corrected chi connectivity index (χ0v) is 5.70. The van der Waals surface area contributed by atoms with Crippen LogP contribution in [0.25, 0.3) is 0 Å². The summed E-state index contributed by atoms with van der Waals surface area (Å²) in [4.78, 5) is 0. The summed E-state index contributed by atoms with van der Waals surface area (Å²) in [6, 6.07) is 0. The maximum absolute atomic E-state index is 4.85. The third kappa shape index (κ3) is 11.5. The monoisotopic (exact) mass is 134 g/mol. The van der Waals surface area contributed by atoms with Crippen molar-refractivity contribution in [3.63, 3.8) is 0 Å². The molecule has 0 fully saturated rings. The van der Waals surface area contributed by atoms with E-state index >= 15 is 0 Å². The molecule has 0 aliphatic heterocycles. The molecule has 1 nitrogen and oxygen atoms in total. The Labute approximate surface area is 51.8 Å². The minimum absolute atomic E-state index is 0. The predicted molar refractivity (Wildman–Crippen MR) is 14.7 cm³/mol. The van der Waals surface area contributed by atoms with Crippen LogP contribution in [0.4, 0.5) is 0 Å². The van der Waals surface area contributed by atoms with Gasteiger partial charge in [-0.1, -0.05) is 6.92 Å². The third-order valence-electron chi connectivity index (χ3n) is 0. The minimum atomic E-state index is 0. The van der Waals surface area contributed by atoms with Gasteiger partial charge in [0.25, 0.3) is 0 Å². The Kier molecular flexibility index (Phi) is 19.9. The molecule has 0 unspecified atom stereocenters. The van der Waals surface area contributed by atoms with Crippen LogP contribution in [0.3, 0.4) is 0 Å². The Hall–Kier alpha value is 1.06. The van der Waals surface area contributed by atoms with E-state index in [1.165, 1.54) is 0 Å². The second-order valence-corrected chi connectivity index (χ2v) is 0.408. The smallest absolute Gasteiger partial charge is 0 e. The van der Waals surface area contributed by atoms with E-state index in [2.05, 4.69) is 0 Å². The average molecular weight is 134 g/mol. The molecule has 0 aliphatic rings. The van der Waals surface area contributed by atoms with Crippen LogP contribution in [0.1, 0.15) is 6.92 Å². The maximum atomic E-state index is 4.85. The van der Waals surface area contributed by atoms with Crippen LogP contribution in [0.2, 0.25) is 0 Å². The van der Waals surface area contributed by atoms with Crippen LogP contribution in [0.5, 0.6) is 0 Å². The number of hydrogen-bond donors (Lipinski definition) is 1. The summed E-state index contributed by atoms with van der Waals surface area (Å²) in [5.74, 6) is 0. The predicted octanol–water partition coefficient (Wildman–Crippen LogP) is -0.0375. The van der Waals surface area contributed by atoms with E-state index in [0.717, 1.165) is 6.54 Å². The minimum Gasteiger partial charge on any atom is -0.331 e. The van der Waals surface area contributed by atoms with Gasteiger partial charge in [-0.25, -0.2) is 0 Å². The molecule has 2 N–H and O–H groups in total. The van der Waals surface area contributed by atoms with Gasteiger partial charge in [-0.05, 0) is 6.54 Å². The van der Waals surface area contributed by atoms with Crippen LogP contribution in [0, 0.1) is 0 Å². The van der Waals surface area contributed by atoms with Crippen LogP contribution >= 0.6 is 0 Å². The fraction of sp³-hybridized carbons (Fsp3) is 1.00. The summed E-state index contributed by atoms with van der Waals surface area (Å²) in [6.45, 7) is 2.65. The van der Waals surface area contributed by atoms with Gasteiger partial charge < -0.3 is 5.73 Å². The topological polar surface area (TPSA) is 26.0 Å². The molecular weight excluding hydrogens is 127 g/mol. The molecule has 0 aromatic carbocycles. The fourth-order valence-electron chi connectivity index (χ4n) is 0. The molecule has 2 heteroatoms. The van der Waals surface area contributed by atoms with Gasteiger partial charge in [-0.2, -0.15) is 0 Å². The summed E-state index contributed by atoms with van der Waals surface area (Å²) in [5, 5.41) is 0. The first-order chi connectivity index (χ1) is 1.41. The Morgan fingerprint density at radius 2 is 1.75 bits per heavy atom. The van der Waals surface area contributed by atoms with E-state index in [1.54, 1.807) is 0 Å². The molecule has 0 heterocycles. The zero-order chi connectivity index (χ0) is 2.71. The summed E-state index contributed by atoms with van der Waals surface area (Å²) < 4.78 is 0. The van der Waals surface area contributed by atoms with Crippen molar-refractivity contribution in [3.8, 4) is 0 Å². The molecule has 0 aromatic rings. The van der Waals surface area contributed by atoms with E-state index in [4.69, 9.17) is 5.73 Å². The Morgan fingerprint density at radius 3 is 1.75 bits per heavy atom. The van der Waals surface area contributed by atoms with Gasteiger partial charge in [0.05, 0.1) is 0 Å². The van der Waals surface area contributed by atoms with Gasteiger partial charge >= 0.3 is 0 Å². The Balaban J connectivity index is 0. The summed E-state index contributed by atoms with van der Waals surface area (Å²) >= 11 is 0. The second-order valence-electron chi connectivity index (χ2n) is 0.408. The van der Waals surface area contributed by atoms with E-state index < -0.39 is 0 Å². The van der Waals surface area contributed by atoms with Gasteiger partial charge in [0.1, 0.15) is 0 Å². The van der Waals surface area contributed by atoms with Crippen molar-refractivity contribution < 1.29 is 32.7 Å². The largest absolute Gasteiger partial charge is 0.331 e. The first kappa shape index (κ1) is 8.91. The van der Waals surface area contributed by atoms with Crippen LogP contribution in [-0.2, 0) is 32.7 Å². The number of hydrogen-bond acceptors (Lipinski definition) is 1. The molecule has 0 amide bonds. The molecule has 0 aliphatic carbocycles. The molecule has 1 radical (unpaired) electrons. The van der Waals surface area contributed by atoms with Crippen molar-refractivity contribution in [1.82, 2.24) is 0 Å². The molecule has 0 saturated carbocycles. The van der Waals surface area contributed by atoms with Crippen LogP contribution < -0.4 is 5.73 Å². The molecule has 0 saturated heterocycles. The number of rotatable bonds is 0. The van der Waals surface area contributed by atoms with Gasteiger partial charge in [0.2, 0.25) is 0 Å². The molecule has 23 valence electrons. The van der Waals surface area contributed by atoms with Crippen LogP contribution in [0.15, 0.2) is 0 Å². The Morgan fingerprint density at radius 1 is 1.75 bits per heavy atom. The molecule has 4 heavy (non-hydrogen) atoms. The second kappa shape index (κ2) is 8.96. The molecule has 0 spiro atoms. The summed E-state index contributed by atoms with van der Waals surface area (Å²) in [5.41, 5.74) is 4.85. The Bertz CT molecular complexity index is 6.00. The SMILES string of the molecule is CCN.[Y]. The van der Waals surface area contributed by atoms with Crippen molar-refractivity contribution in [2.75, 3.05) is 6.54 Å².